The summed E-state index contributed by atoms with van der Waals surface area (Å²) >= 11 is 2.01. The van der Waals surface area contributed by atoms with Crippen LogP contribution in [0.5, 0.6) is 0 Å². The third-order valence-corrected chi connectivity index (χ3v) is 6.04. The van der Waals surface area contributed by atoms with Crippen molar-refractivity contribution < 1.29 is 4.79 Å². The maximum absolute atomic E-state index is 12.3. The van der Waals surface area contributed by atoms with Gasteiger partial charge in [0, 0.05) is 17.2 Å². The highest BCUT2D eigenvalue weighted by atomic mass is 32.2. The zero-order chi connectivity index (χ0) is 13.7. The summed E-state index contributed by atoms with van der Waals surface area (Å²) in [5.41, 5.74) is 5.71. The number of carbonyl (C=O) groups is 1. The maximum Gasteiger partial charge on any atom is 0.223 e. The molecule has 110 valence electrons. The molecule has 2 aliphatic rings. The lowest BCUT2D eigenvalue weighted by Crippen LogP contribution is -2.43. The van der Waals surface area contributed by atoms with Crippen molar-refractivity contribution in [3.63, 3.8) is 0 Å². The minimum atomic E-state index is 0.246. The minimum Gasteiger partial charge on any atom is -0.352 e. The van der Waals surface area contributed by atoms with Crippen LogP contribution >= 0.6 is 11.8 Å². The van der Waals surface area contributed by atoms with Gasteiger partial charge in [-0.15, -0.1) is 0 Å². The van der Waals surface area contributed by atoms with Crippen molar-refractivity contribution in [1.29, 1.82) is 0 Å². The Bertz CT molecular complexity index is 290. The van der Waals surface area contributed by atoms with Crippen LogP contribution in [0.15, 0.2) is 0 Å². The summed E-state index contributed by atoms with van der Waals surface area (Å²) in [4.78, 5) is 12.3. The molecule has 2 atom stereocenters. The van der Waals surface area contributed by atoms with Crippen molar-refractivity contribution in [2.45, 2.75) is 63.2 Å². The predicted octanol–water partition coefficient (Wildman–Crippen LogP) is 2.54. The summed E-state index contributed by atoms with van der Waals surface area (Å²) < 4.78 is 0. The monoisotopic (exact) mass is 284 g/mol. The van der Waals surface area contributed by atoms with Crippen molar-refractivity contribution in [1.82, 2.24) is 5.32 Å². The molecule has 0 saturated heterocycles. The number of carbonyl (C=O) groups excluding carboxylic acids is 1. The number of rotatable bonds is 5. The number of nitrogens with one attached hydrogen (secondary N) is 1. The zero-order valence-corrected chi connectivity index (χ0v) is 12.9. The summed E-state index contributed by atoms with van der Waals surface area (Å²) in [5, 5.41) is 3.97. The summed E-state index contributed by atoms with van der Waals surface area (Å²) in [6, 6.07) is 0.421. The Kier molecular flexibility index (Phi) is 6.02. The van der Waals surface area contributed by atoms with Crippen LogP contribution in [-0.4, -0.2) is 29.5 Å². The molecule has 19 heavy (non-hydrogen) atoms. The van der Waals surface area contributed by atoms with Crippen LogP contribution < -0.4 is 11.1 Å². The molecule has 2 fully saturated rings. The SMILES string of the molecule is CCSC1CCCC1NC(=O)C1CCC(CN)CC1. The molecule has 2 rings (SSSR count). The number of hydrogen-bond donors (Lipinski definition) is 2. The number of nitrogens with two attached hydrogens (primary N) is 1. The number of hydrogen-bond acceptors (Lipinski definition) is 3. The van der Waals surface area contributed by atoms with Gasteiger partial charge < -0.3 is 11.1 Å². The highest BCUT2D eigenvalue weighted by Gasteiger charge is 2.32. The van der Waals surface area contributed by atoms with Crippen LogP contribution in [0.3, 0.4) is 0 Å². The van der Waals surface area contributed by atoms with Gasteiger partial charge in [0.25, 0.3) is 0 Å². The van der Waals surface area contributed by atoms with Gasteiger partial charge >= 0.3 is 0 Å². The quantitative estimate of drug-likeness (QED) is 0.816. The minimum absolute atomic E-state index is 0.246. The van der Waals surface area contributed by atoms with Crippen molar-refractivity contribution in [2.75, 3.05) is 12.3 Å². The lowest BCUT2D eigenvalue weighted by atomic mass is 9.81. The molecule has 3 N–H and O–H groups in total. The van der Waals surface area contributed by atoms with Crippen LogP contribution in [0.4, 0.5) is 0 Å². The molecular formula is C15H28N2OS. The summed E-state index contributed by atoms with van der Waals surface area (Å²) in [5.74, 6) is 2.36. The molecule has 0 aromatic carbocycles. The Balaban J connectivity index is 1.77. The molecule has 2 unspecified atom stereocenters. The molecule has 0 heterocycles. The standard InChI is InChI=1S/C15H28N2OS/c1-2-19-14-5-3-4-13(14)17-15(18)12-8-6-11(10-16)7-9-12/h11-14H,2-10,16H2,1H3,(H,17,18). The van der Waals surface area contributed by atoms with Crippen molar-refractivity contribution in [2.24, 2.45) is 17.6 Å². The Labute approximate surface area is 121 Å². The van der Waals surface area contributed by atoms with E-state index in [1.54, 1.807) is 0 Å². The lowest BCUT2D eigenvalue weighted by molar-refractivity contribution is -0.126. The molecule has 1 amide bonds. The highest BCUT2D eigenvalue weighted by Crippen LogP contribution is 2.32. The van der Waals surface area contributed by atoms with Crippen LogP contribution in [0, 0.1) is 11.8 Å². The molecule has 0 aromatic heterocycles. The molecule has 4 heteroatoms. The van der Waals surface area contributed by atoms with Crippen molar-refractivity contribution in [3.05, 3.63) is 0 Å². The van der Waals surface area contributed by atoms with E-state index in [1.807, 2.05) is 11.8 Å². The second kappa shape index (κ2) is 7.53. The van der Waals surface area contributed by atoms with E-state index in [4.69, 9.17) is 5.73 Å². The topological polar surface area (TPSA) is 55.1 Å². The van der Waals surface area contributed by atoms with Gasteiger partial charge in [-0.3, -0.25) is 4.79 Å². The first-order chi connectivity index (χ1) is 9.24. The van der Waals surface area contributed by atoms with Crippen molar-refractivity contribution in [3.8, 4) is 0 Å². The molecule has 0 bridgehead atoms. The van der Waals surface area contributed by atoms with Gasteiger partial charge in [-0.25, -0.2) is 0 Å². The Morgan fingerprint density at radius 1 is 1.21 bits per heavy atom. The van der Waals surface area contributed by atoms with Gasteiger partial charge in [-0.1, -0.05) is 13.3 Å². The number of thioether (sulfide) groups is 1. The fourth-order valence-electron chi connectivity index (χ4n) is 3.47. The van der Waals surface area contributed by atoms with Crippen LogP contribution in [0.1, 0.15) is 51.9 Å². The first-order valence-electron chi connectivity index (χ1n) is 7.86. The molecular weight excluding hydrogens is 256 g/mol. The maximum atomic E-state index is 12.3. The van der Waals surface area contributed by atoms with E-state index in [2.05, 4.69) is 12.2 Å². The molecule has 0 aliphatic heterocycles. The van der Waals surface area contributed by atoms with E-state index in [0.29, 0.717) is 23.1 Å². The summed E-state index contributed by atoms with van der Waals surface area (Å²) in [6.45, 7) is 2.99. The summed E-state index contributed by atoms with van der Waals surface area (Å²) in [7, 11) is 0. The van der Waals surface area contributed by atoms with E-state index in [0.717, 1.165) is 38.0 Å². The molecule has 3 nitrogen and oxygen atoms in total. The number of amides is 1. The molecule has 0 spiro atoms. The van der Waals surface area contributed by atoms with E-state index < -0.39 is 0 Å². The smallest absolute Gasteiger partial charge is 0.223 e. The highest BCUT2D eigenvalue weighted by molar-refractivity contribution is 7.99. The van der Waals surface area contributed by atoms with Gasteiger partial charge in [0.1, 0.15) is 0 Å². The zero-order valence-electron chi connectivity index (χ0n) is 12.1. The first kappa shape index (κ1) is 15.2. The molecule has 0 aromatic rings. The van der Waals surface area contributed by atoms with Gasteiger partial charge in [0.15, 0.2) is 0 Å². The second-order valence-corrected chi connectivity index (χ2v) is 7.51. The Hall–Kier alpha value is -0.220. The van der Waals surface area contributed by atoms with Gasteiger partial charge in [0.05, 0.1) is 0 Å². The van der Waals surface area contributed by atoms with E-state index >= 15 is 0 Å². The third kappa shape index (κ3) is 4.12. The van der Waals surface area contributed by atoms with E-state index in [9.17, 15) is 4.79 Å². The van der Waals surface area contributed by atoms with Crippen LogP contribution in [-0.2, 0) is 4.79 Å². The Morgan fingerprint density at radius 3 is 2.58 bits per heavy atom. The largest absolute Gasteiger partial charge is 0.352 e. The van der Waals surface area contributed by atoms with Crippen LogP contribution in [0.2, 0.25) is 0 Å². The lowest BCUT2D eigenvalue weighted by Gasteiger charge is -2.29. The van der Waals surface area contributed by atoms with Crippen LogP contribution in [0.25, 0.3) is 0 Å². The molecule has 0 radical (unpaired) electrons. The third-order valence-electron chi connectivity index (χ3n) is 4.71. The van der Waals surface area contributed by atoms with E-state index in [-0.39, 0.29) is 5.92 Å². The van der Waals surface area contributed by atoms with Crippen molar-refractivity contribution >= 4 is 17.7 Å². The average molecular weight is 284 g/mol. The molecule has 2 aliphatic carbocycles. The van der Waals surface area contributed by atoms with Gasteiger partial charge in [0.2, 0.25) is 5.91 Å². The fraction of sp³-hybridized carbons (Fsp3) is 0.933. The summed E-state index contributed by atoms with van der Waals surface area (Å²) in [6.07, 6.45) is 8.03. The van der Waals surface area contributed by atoms with Gasteiger partial charge in [-0.05, 0) is 56.7 Å². The normalized spacial score (nSPS) is 35.3. The van der Waals surface area contributed by atoms with E-state index in [1.165, 1.54) is 19.3 Å². The predicted molar refractivity (Wildman–Crippen MR) is 82.2 cm³/mol. The first-order valence-corrected chi connectivity index (χ1v) is 8.91. The fourth-order valence-corrected chi connectivity index (χ4v) is 4.66. The molecule has 2 saturated carbocycles. The average Bonchev–Trinajstić information content (AvgIpc) is 2.86. The second-order valence-electron chi connectivity index (χ2n) is 5.99. The Morgan fingerprint density at radius 2 is 1.95 bits per heavy atom. The van der Waals surface area contributed by atoms with Gasteiger partial charge in [-0.2, -0.15) is 11.8 Å².